The van der Waals surface area contributed by atoms with Gasteiger partial charge in [-0.1, -0.05) is 20.8 Å². The van der Waals surface area contributed by atoms with E-state index in [-0.39, 0.29) is 17.9 Å². The Morgan fingerprint density at radius 3 is 2.20 bits per heavy atom. The van der Waals surface area contributed by atoms with Crippen LogP contribution >= 0.6 is 0 Å². The minimum Gasteiger partial charge on any atom is -0.303 e. The largest absolute Gasteiger partial charge is 0.303 e. The van der Waals surface area contributed by atoms with Crippen LogP contribution in [0, 0.1) is 11.3 Å². The second kappa shape index (κ2) is 5.84. The van der Waals surface area contributed by atoms with Crippen molar-refractivity contribution in [3.05, 3.63) is 0 Å². The van der Waals surface area contributed by atoms with E-state index in [0.717, 1.165) is 18.8 Å². The first kappa shape index (κ1) is 15.5. The summed E-state index contributed by atoms with van der Waals surface area (Å²) in [5.74, 6) is 0.676. The summed E-state index contributed by atoms with van der Waals surface area (Å²) in [6.45, 7) is 6.95. The molecule has 2 aliphatic rings. The van der Waals surface area contributed by atoms with E-state index < -0.39 is 0 Å². The third-order valence-electron chi connectivity index (χ3n) is 5.04. The lowest BCUT2D eigenvalue weighted by Gasteiger charge is -2.39. The predicted molar refractivity (Wildman–Crippen MR) is 79.1 cm³/mol. The molecule has 1 heterocycles. The zero-order valence-corrected chi connectivity index (χ0v) is 13.2. The summed E-state index contributed by atoms with van der Waals surface area (Å²) in [4.78, 5) is 24.8. The maximum absolute atomic E-state index is 12.1. The van der Waals surface area contributed by atoms with Gasteiger partial charge in [-0.3, -0.25) is 14.5 Å². The molecular weight excluding hydrogens is 252 g/mol. The molecule has 1 N–H and O–H groups in total. The van der Waals surface area contributed by atoms with Crippen molar-refractivity contribution in [1.29, 1.82) is 0 Å². The molecule has 114 valence electrons. The van der Waals surface area contributed by atoms with Crippen molar-refractivity contribution in [3.63, 3.8) is 0 Å². The van der Waals surface area contributed by atoms with Gasteiger partial charge in [-0.05, 0) is 43.4 Å². The number of hydrogen-bond acceptors (Lipinski definition) is 3. The smallest absolute Gasteiger partial charge is 0.246 e. The SMILES string of the molecule is CN1C(=O)CCC(NC2CCC(C(C)(C)C)CC2)C1=O. The van der Waals surface area contributed by atoms with Gasteiger partial charge in [0, 0.05) is 19.5 Å². The van der Waals surface area contributed by atoms with Gasteiger partial charge in [0.25, 0.3) is 0 Å². The van der Waals surface area contributed by atoms with Crippen LogP contribution in [0.2, 0.25) is 0 Å². The molecular formula is C16H28N2O2. The molecule has 1 aliphatic carbocycles. The van der Waals surface area contributed by atoms with Crippen LogP contribution < -0.4 is 5.32 Å². The van der Waals surface area contributed by atoms with Crippen LogP contribution in [0.25, 0.3) is 0 Å². The first-order chi connectivity index (χ1) is 9.29. The molecule has 2 rings (SSSR count). The van der Waals surface area contributed by atoms with E-state index in [1.807, 2.05) is 0 Å². The van der Waals surface area contributed by atoms with Crippen molar-refractivity contribution in [3.8, 4) is 0 Å². The predicted octanol–water partition coefficient (Wildman–Crippen LogP) is 2.33. The van der Waals surface area contributed by atoms with Gasteiger partial charge in [0.1, 0.15) is 0 Å². The Balaban J connectivity index is 1.84. The Hall–Kier alpha value is -0.900. The molecule has 0 aromatic heterocycles. The second-order valence-electron chi connectivity index (χ2n) is 7.46. The van der Waals surface area contributed by atoms with Gasteiger partial charge >= 0.3 is 0 Å². The fourth-order valence-electron chi connectivity index (χ4n) is 3.48. The standard InChI is InChI=1S/C16H28N2O2/c1-16(2,3)11-5-7-12(8-6-11)17-13-9-10-14(19)18(4)15(13)20/h11-13,17H,5-10H2,1-4H3. The van der Waals surface area contributed by atoms with Crippen LogP contribution in [-0.4, -0.2) is 35.8 Å². The van der Waals surface area contributed by atoms with E-state index in [1.54, 1.807) is 7.05 Å². The highest BCUT2D eigenvalue weighted by molar-refractivity contribution is 6.00. The number of imide groups is 1. The topological polar surface area (TPSA) is 49.4 Å². The highest BCUT2D eigenvalue weighted by Gasteiger charge is 2.35. The highest BCUT2D eigenvalue weighted by Crippen LogP contribution is 2.37. The van der Waals surface area contributed by atoms with E-state index >= 15 is 0 Å². The quantitative estimate of drug-likeness (QED) is 0.790. The number of amides is 2. The van der Waals surface area contributed by atoms with Crippen molar-refractivity contribution in [2.45, 2.75) is 71.4 Å². The van der Waals surface area contributed by atoms with Crippen LogP contribution in [-0.2, 0) is 9.59 Å². The number of likely N-dealkylation sites (tertiary alicyclic amines) is 1. The van der Waals surface area contributed by atoms with Crippen LogP contribution in [0.4, 0.5) is 0 Å². The Morgan fingerprint density at radius 1 is 1.05 bits per heavy atom. The number of carbonyl (C=O) groups excluding carboxylic acids is 2. The van der Waals surface area contributed by atoms with Crippen LogP contribution in [0.3, 0.4) is 0 Å². The van der Waals surface area contributed by atoms with Crippen molar-refractivity contribution in [2.75, 3.05) is 7.05 Å². The van der Waals surface area contributed by atoms with Gasteiger partial charge in [-0.25, -0.2) is 0 Å². The Kier molecular flexibility index (Phi) is 4.52. The van der Waals surface area contributed by atoms with Crippen LogP contribution in [0.1, 0.15) is 59.3 Å². The van der Waals surface area contributed by atoms with Crippen LogP contribution in [0.15, 0.2) is 0 Å². The number of likely N-dealkylation sites (N-methyl/N-ethyl adjacent to an activating group) is 1. The molecule has 20 heavy (non-hydrogen) atoms. The molecule has 4 nitrogen and oxygen atoms in total. The van der Waals surface area contributed by atoms with Gasteiger partial charge in [-0.2, -0.15) is 0 Å². The molecule has 0 radical (unpaired) electrons. The minimum atomic E-state index is -0.158. The summed E-state index contributed by atoms with van der Waals surface area (Å²) in [6.07, 6.45) is 5.89. The number of rotatable bonds is 2. The Labute approximate surface area is 122 Å². The second-order valence-corrected chi connectivity index (χ2v) is 7.46. The molecule has 1 atom stereocenters. The van der Waals surface area contributed by atoms with Gasteiger partial charge in [-0.15, -0.1) is 0 Å². The molecule has 0 spiro atoms. The summed E-state index contributed by atoms with van der Waals surface area (Å²) < 4.78 is 0. The number of hydrogen-bond donors (Lipinski definition) is 1. The van der Waals surface area contributed by atoms with Crippen molar-refractivity contribution < 1.29 is 9.59 Å². The van der Waals surface area contributed by atoms with E-state index in [2.05, 4.69) is 26.1 Å². The molecule has 2 amide bonds. The molecule has 1 unspecified atom stereocenters. The lowest BCUT2D eigenvalue weighted by atomic mass is 9.71. The number of nitrogens with zero attached hydrogens (tertiary/aromatic N) is 1. The van der Waals surface area contributed by atoms with Gasteiger partial charge < -0.3 is 5.32 Å². The van der Waals surface area contributed by atoms with E-state index in [1.165, 1.54) is 17.7 Å². The van der Waals surface area contributed by atoms with Crippen molar-refractivity contribution in [2.24, 2.45) is 11.3 Å². The Bertz CT molecular complexity index is 378. The van der Waals surface area contributed by atoms with E-state index in [9.17, 15) is 9.59 Å². The minimum absolute atomic E-state index is 0.0514. The van der Waals surface area contributed by atoms with Crippen molar-refractivity contribution in [1.82, 2.24) is 10.2 Å². The van der Waals surface area contributed by atoms with E-state index in [0.29, 0.717) is 24.3 Å². The fourth-order valence-corrected chi connectivity index (χ4v) is 3.48. The van der Waals surface area contributed by atoms with Crippen LogP contribution in [0.5, 0.6) is 0 Å². The zero-order chi connectivity index (χ0) is 14.9. The van der Waals surface area contributed by atoms with Gasteiger partial charge in [0.2, 0.25) is 11.8 Å². The zero-order valence-electron chi connectivity index (χ0n) is 13.2. The number of piperidine rings is 1. The van der Waals surface area contributed by atoms with Gasteiger partial charge in [0.15, 0.2) is 0 Å². The average molecular weight is 280 g/mol. The number of nitrogens with one attached hydrogen (secondary N) is 1. The fraction of sp³-hybridized carbons (Fsp3) is 0.875. The number of carbonyl (C=O) groups is 2. The Morgan fingerprint density at radius 2 is 1.65 bits per heavy atom. The first-order valence-electron chi connectivity index (χ1n) is 7.85. The first-order valence-corrected chi connectivity index (χ1v) is 7.85. The molecule has 0 aromatic rings. The molecule has 2 fully saturated rings. The maximum Gasteiger partial charge on any atom is 0.246 e. The van der Waals surface area contributed by atoms with Gasteiger partial charge in [0.05, 0.1) is 6.04 Å². The third kappa shape index (κ3) is 3.40. The summed E-state index contributed by atoms with van der Waals surface area (Å²) in [5, 5.41) is 3.49. The molecule has 0 aromatic carbocycles. The molecule has 1 saturated carbocycles. The molecule has 1 aliphatic heterocycles. The summed E-state index contributed by atoms with van der Waals surface area (Å²) in [7, 11) is 1.59. The molecule has 1 saturated heterocycles. The molecule has 4 heteroatoms. The van der Waals surface area contributed by atoms with E-state index in [4.69, 9.17) is 0 Å². The summed E-state index contributed by atoms with van der Waals surface area (Å²) in [5.41, 5.74) is 0.387. The third-order valence-corrected chi connectivity index (χ3v) is 5.04. The lowest BCUT2D eigenvalue weighted by molar-refractivity contribution is -0.148. The normalized spacial score (nSPS) is 32.6. The van der Waals surface area contributed by atoms with Crippen molar-refractivity contribution >= 4 is 11.8 Å². The average Bonchev–Trinajstić information content (AvgIpc) is 2.39. The molecule has 0 bridgehead atoms. The summed E-state index contributed by atoms with van der Waals surface area (Å²) >= 11 is 0. The lowest BCUT2D eigenvalue weighted by Crippen LogP contribution is -2.54. The summed E-state index contributed by atoms with van der Waals surface area (Å²) in [6, 6.07) is 0.276. The highest BCUT2D eigenvalue weighted by atomic mass is 16.2. The maximum atomic E-state index is 12.1. The monoisotopic (exact) mass is 280 g/mol.